The Labute approximate surface area is 147 Å². The van der Waals surface area contributed by atoms with E-state index in [1.54, 1.807) is 24.3 Å². The molecule has 0 amide bonds. The zero-order valence-corrected chi connectivity index (χ0v) is 14.8. The quantitative estimate of drug-likeness (QED) is 0.856. The molecule has 0 saturated carbocycles. The number of sulfonamides is 1. The first-order valence-corrected chi connectivity index (χ1v) is 9.90. The maximum Gasteiger partial charge on any atom is 0.215 e. The standard InChI is InChI=1S/C18H20ClNO3S/c19-17-8-4-3-7-16(17)12-24(22,23)20-13-18(21)10-9-14-5-1-2-6-15(14)11-18/h1-8,20-21H,9-13H2/t18-/m1/s1. The van der Waals surface area contributed by atoms with Gasteiger partial charge >= 0.3 is 0 Å². The molecule has 24 heavy (non-hydrogen) atoms. The second-order valence-corrected chi connectivity index (χ2v) is 8.56. The van der Waals surface area contributed by atoms with E-state index < -0.39 is 15.6 Å². The van der Waals surface area contributed by atoms with Gasteiger partial charge in [0, 0.05) is 18.0 Å². The van der Waals surface area contributed by atoms with Crippen LogP contribution in [0.1, 0.15) is 23.1 Å². The highest BCUT2D eigenvalue weighted by molar-refractivity contribution is 7.88. The van der Waals surface area contributed by atoms with Crippen LogP contribution in [0.4, 0.5) is 0 Å². The second kappa shape index (κ2) is 6.84. The number of hydrogen-bond acceptors (Lipinski definition) is 3. The summed E-state index contributed by atoms with van der Waals surface area (Å²) in [6.45, 7) is 0.00806. The van der Waals surface area contributed by atoms with Gasteiger partial charge in [0.05, 0.1) is 11.4 Å². The fourth-order valence-electron chi connectivity index (χ4n) is 3.05. The van der Waals surface area contributed by atoms with Gasteiger partial charge in [-0.3, -0.25) is 0 Å². The minimum Gasteiger partial charge on any atom is -0.388 e. The SMILES string of the molecule is O=S(=O)(Cc1ccccc1Cl)NC[C@@]1(O)CCc2ccccc2C1. The summed E-state index contributed by atoms with van der Waals surface area (Å²) in [7, 11) is -3.57. The molecule has 2 N–H and O–H groups in total. The molecule has 1 atom stereocenters. The van der Waals surface area contributed by atoms with Crippen LogP contribution in [0.15, 0.2) is 48.5 Å². The van der Waals surface area contributed by atoms with Gasteiger partial charge in [0.1, 0.15) is 0 Å². The van der Waals surface area contributed by atoms with Crippen LogP contribution < -0.4 is 4.72 Å². The molecule has 1 aliphatic rings. The Kier molecular flexibility index (Phi) is 4.97. The van der Waals surface area contributed by atoms with Gasteiger partial charge in [-0.05, 0) is 35.6 Å². The number of aryl methyl sites for hydroxylation is 1. The lowest BCUT2D eigenvalue weighted by Gasteiger charge is -2.33. The third-order valence-corrected chi connectivity index (χ3v) is 6.07. The lowest BCUT2D eigenvalue weighted by atomic mass is 9.80. The fraction of sp³-hybridized carbons (Fsp3) is 0.333. The van der Waals surface area contributed by atoms with Crippen LogP contribution >= 0.6 is 11.6 Å². The van der Waals surface area contributed by atoms with Gasteiger partial charge in [0.25, 0.3) is 0 Å². The second-order valence-electron chi connectivity index (χ2n) is 6.34. The van der Waals surface area contributed by atoms with Gasteiger partial charge in [-0.15, -0.1) is 0 Å². The molecule has 0 fully saturated rings. The Morgan fingerprint density at radius 1 is 1.08 bits per heavy atom. The number of halogens is 1. The van der Waals surface area contributed by atoms with Crippen LogP contribution in [0.3, 0.4) is 0 Å². The van der Waals surface area contributed by atoms with Crippen molar-refractivity contribution >= 4 is 21.6 Å². The molecule has 6 heteroatoms. The number of nitrogens with one attached hydrogen (secondary N) is 1. The summed E-state index contributed by atoms with van der Waals surface area (Å²) in [5, 5.41) is 11.2. The maximum atomic E-state index is 12.3. The molecule has 2 aromatic carbocycles. The van der Waals surface area contributed by atoms with Crippen LogP contribution in [-0.4, -0.2) is 25.7 Å². The summed E-state index contributed by atoms with van der Waals surface area (Å²) in [5.74, 6) is -0.195. The largest absolute Gasteiger partial charge is 0.388 e. The first kappa shape index (κ1) is 17.4. The molecule has 0 heterocycles. The average Bonchev–Trinajstić information content (AvgIpc) is 2.55. The zero-order valence-electron chi connectivity index (χ0n) is 13.2. The molecule has 0 aromatic heterocycles. The zero-order chi connectivity index (χ0) is 17.2. The lowest BCUT2D eigenvalue weighted by molar-refractivity contribution is 0.0317. The summed E-state index contributed by atoms with van der Waals surface area (Å²) in [5.41, 5.74) is 1.80. The van der Waals surface area contributed by atoms with E-state index >= 15 is 0 Å². The van der Waals surface area contributed by atoms with Crippen molar-refractivity contribution in [3.63, 3.8) is 0 Å². The Morgan fingerprint density at radius 3 is 2.50 bits per heavy atom. The highest BCUT2D eigenvalue weighted by Crippen LogP contribution is 2.28. The third kappa shape index (κ3) is 4.16. The Bertz CT molecular complexity index is 838. The number of hydrogen-bond donors (Lipinski definition) is 2. The average molecular weight is 366 g/mol. The molecule has 0 radical (unpaired) electrons. The Balaban J connectivity index is 1.66. The van der Waals surface area contributed by atoms with Gasteiger partial charge in [-0.2, -0.15) is 0 Å². The molecule has 1 aliphatic carbocycles. The van der Waals surface area contributed by atoms with E-state index in [9.17, 15) is 13.5 Å². The van der Waals surface area contributed by atoms with Gasteiger partial charge in [0.15, 0.2) is 0 Å². The molecule has 0 spiro atoms. The van der Waals surface area contributed by atoms with E-state index in [-0.39, 0.29) is 12.3 Å². The van der Waals surface area contributed by atoms with E-state index in [1.165, 1.54) is 5.56 Å². The molecule has 0 bridgehead atoms. The molecule has 4 nitrogen and oxygen atoms in total. The van der Waals surface area contributed by atoms with Crippen molar-refractivity contribution in [2.45, 2.75) is 30.6 Å². The summed E-state index contributed by atoms with van der Waals surface area (Å²) in [6.07, 6.45) is 1.75. The van der Waals surface area contributed by atoms with Crippen molar-refractivity contribution in [1.82, 2.24) is 4.72 Å². The summed E-state index contributed by atoms with van der Waals surface area (Å²) >= 11 is 6.02. The van der Waals surface area contributed by atoms with E-state index in [0.717, 1.165) is 12.0 Å². The highest BCUT2D eigenvalue weighted by atomic mass is 35.5. The monoisotopic (exact) mass is 365 g/mol. The van der Waals surface area contributed by atoms with E-state index in [1.807, 2.05) is 18.2 Å². The topological polar surface area (TPSA) is 66.4 Å². The molecule has 0 aliphatic heterocycles. The Hall–Kier alpha value is -1.40. The van der Waals surface area contributed by atoms with Crippen LogP contribution in [-0.2, 0) is 28.6 Å². The predicted molar refractivity (Wildman–Crippen MR) is 95.5 cm³/mol. The van der Waals surface area contributed by atoms with Crippen molar-refractivity contribution in [2.24, 2.45) is 0 Å². The Morgan fingerprint density at radius 2 is 1.75 bits per heavy atom. The van der Waals surface area contributed by atoms with Gasteiger partial charge in [-0.1, -0.05) is 54.1 Å². The van der Waals surface area contributed by atoms with Crippen LogP contribution in [0.2, 0.25) is 5.02 Å². The molecular formula is C18H20ClNO3S. The maximum absolute atomic E-state index is 12.3. The van der Waals surface area contributed by atoms with Crippen LogP contribution in [0.25, 0.3) is 0 Å². The van der Waals surface area contributed by atoms with E-state index in [4.69, 9.17) is 11.6 Å². The smallest absolute Gasteiger partial charge is 0.215 e. The minimum atomic E-state index is -3.57. The first-order chi connectivity index (χ1) is 11.4. The van der Waals surface area contributed by atoms with Crippen molar-refractivity contribution in [2.75, 3.05) is 6.54 Å². The number of fused-ring (bicyclic) bond motifs is 1. The van der Waals surface area contributed by atoms with E-state index in [0.29, 0.717) is 23.4 Å². The third-order valence-electron chi connectivity index (χ3n) is 4.42. The van der Waals surface area contributed by atoms with Gasteiger partial charge in [-0.25, -0.2) is 13.1 Å². The predicted octanol–water partition coefficient (Wildman–Crippen LogP) is 2.68. The molecule has 3 rings (SSSR count). The number of benzene rings is 2. The minimum absolute atomic E-state index is 0.00806. The summed E-state index contributed by atoms with van der Waals surface area (Å²) in [4.78, 5) is 0. The van der Waals surface area contributed by atoms with Crippen molar-refractivity contribution in [3.8, 4) is 0 Å². The van der Waals surface area contributed by atoms with Crippen molar-refractivity contribution in [3.05, 3.63) is 70.2 Å². The normalized spacial score (nSPS) is 20.6. The van der Waals surface area contributed by atoms with E-state index in [2.05, 4.69) is 10.8 Å². The fourth-order valence-corrected chi connectivity index (χ4v) is 4.58. The molecular weight excluding hydrogens is 346 g/mol. The van der Waals surface area contributed by atoms with Crippen LogP contribution in [0, 0.1) is 0 Å². The van der Waals surface area contributed by atoms with Gasteiger partial charge < -0.3 is 5.11 Å². The van der Waals surface area contributed by atoms with Crippen molar-refractivity contribution in [1.29, 1.82) is 0 Å². The molecule has 2 aromatic rings. The van der Waals surface area contributed by atoms with Crippen LogP contribution in [0.5, 0.6) is 0 Å². The summed E-state index contributed by atoms with van der Waals surface area (Å²) < 4.78 is 27.1. The first-order valence-electron chi connectivity index (χ1n) is 7.87. The molecule has 0 unspecified atom stereocenters. The number of rotatable bonds is 5. The summed E-state index contributed by atoms with van der Waals surface area (Å²) in [6, 6.07) is 14.8. The molecule has 0 saturated heterocycles. The molecule has 128 valence electrons. The lowest BCUT2D eigenvalue weighted by Crippen LogP contribution is -2.46. The van der Waals surface area contributed by atoms with Crippen molar-refractivity contribution < 1.29 is 13.5 Å². The van der Waals surface area contributed by atoms with Gasteiger partial charge in [0.2, 0.25) is 10.0 Å². The highest BCUT2D eigenvalue weighted by Gasteiger charge is 2.33. The number of aliphatic hydroxyl groups is 1.